The van der Waals surface area contributed by atoms with Gasteiger partial charge < -0.3 is 53.8 Å². The van der Waals surface area contributed by atoms with Crippen molar-refractivity contribution in [3.05, 3.63) is 42.1 Å². The third-order valence-corrected chi connectivity index (χ3v) is 9.47. The van der Waals surface area contributed by atoms with Gasteiger partial charge in [-0.3, -0.25) is 9.59 Å². The molecule has 1 fully saturated rings. The first kappa shape index (κ1) is 43.4. The molecule has 0 saturated heterocycles. The minimum atomic E-state index is -0.352. The van der Waals surface area contributed by atoms with Gasteiger partial charge in [0, 0.05) is 51.0 Å². The molecule has 16 heteroatoms. The van der Waals surface area contributed by atoms with Crippen molar-refractivity contribution >= 4 is 40.9 Å². The van der Waals surface area contributed by atoms with Crippen LogP contribution in [-0.4, -0.2) is 146 Å². The number of hydrogen-bond donors (Lipinski definition) is 2. The molecule has 1 aliphatic carbocycles. The first-order valence-corrected chi connectivity index (χ1v) is 19.2. The number of ether oxygens (including phenoxy) is 6. The predicted octanol–water partition coefficient (Wildman–Crippen LogP) is 3.58. The van der Waals surface area contributed by atoms with Gasteiger partial charge in [-0.15, -0.1) is 0 Å². The Kier molecular flexibility index (Phi) is 18.6. The number of fused-ring (bicyclic) bond motifs is 1. The van der Waals surface area contributed by atoms with Crippen molar-refractivity contribution < 1.29 is 42.8 Å². The number of esters is 1. The summed E-state index contributed by atoms with van der Waals surface area (Å²) in [6, 6.07) is 5.15. The van der Waals surface area contributed by atoms with Gasteiger partial charge in [-0.25, -0.2) is 9.78 Å². The van der Waals surface area contributed by atoms with Gasteiger partial charge in [-0.05, 0) is 50.9 Å². The second kappa shape index (κ2) is 23.5. The van der Waals surface area contributed by atoms with Crippen LogP contribution in [0.25, 0.3) is 0 Å². The van der Waals surface area contributed by atoms with Crippen molar-refractivity contribution in [3.8, 4) is 5.75 Å². The summed E-state index contributed by atoms with van der Waals surface area (Å²) in [5, 5.41) is 6.12. The number of methoxy groups -OCH3 is 2. The second-order valence-electron chi connectivity index (χ2n) is 13.4. The third kappa shape index (κ3) is 13.4. The topological polar surface area (TPSA) is 166 Å². The SMILES string of the molecule is CC[C@@H]1C(=O)N(C)c2cnc(Nc3ccc(C(=O)NCCOCCOCCOCCOCCCN(C)C/C=C/C(=O)OC)cc3OC)nc2N1C1CCCC1. The highest BCUT2D eigenvalue weighted by Crippen LogP contribution is 2.40. The Morgan fingerprint density at radius 1 is 0.982 bits per heavy atom. The Morgan fingerprint density at radius 2 is 1.65 bits per heavy atom. The van der Waals surface area contributed by atoms with E-state index >= 15 is 0 Å². The van der Waals surface area contributed by atoms with Crippen molar-refractivity contribution in [3.63, 3.8) is 0 Å². The van der Waals surface area contributed by atoms with Crippen LogP contribution in [0.4, 0.5) is 23.1 Å². The van der Waals surface area contributed by atoms with Crippen LogP contribution in [0.1, 0.15) is 55.8 Å². The summed E-state index contributed by atoms with van der Waals surface area (Å²) < 4.78 is 32.5. The number of amides is 2. The molecule has 2 aromatic rings. The number of rotatable bonds is 25. The zero-order chi connectivity index (χ0) is 39.4. The highest BCUT2D eigenvalue weighted by Gasteiger charge is 2.41. The molecular formula is C39H59N7O9. The Bertz CT molecular complexity index is 1540. The summed E-state index contributed by atoms with van der Waals surface area (Å²) in [5.74, 6) is 1.06. The number of nitrogens with one attached hydrogen (secondary N) is 2. The van der Waals surface area contributed by atoms with Gasteiger partial charge in [-0.1, -0.05) is 25.8 Å². The van der Waals surface area contributed by atoms with Crippen LogP contribution in [0.3, 0.4) is 0 Å². The average Bonchev–Trinajstić information content (AvgIpc) is 3.73. The molecule has 2 amide bonds. The van der Waals surface area contributed by atoms with Crippen LogP contribution in [0.2, 0.25) is 0 Å². The maximum absolute atomic E-state index is 13.2. The number of aromatic nitrogens is 2. The highest BCUT2D eigenvalue weighted by atomic mass is 16.6. The number of likely N-dealkylation sites (N-methyl/N-ethyl adjacent to an activating group) is 2. The van der Waals surface area contributed by atoms with Crippen LogP contribution >= 0.6 is 0 Å². The number of benzene rings is 1. The van der Waals surface area contributed by atoms with E-state index in [1.165, 1.54) is 13.2 Å². The van der Waals surface area contributed by atoms with E-state index in [0.29, 0.717) is 101 Å². The van der Waals surface area contributed by atoms with Crippen molar-refractivity contribution in [1.82, 2.24) is 20.2 Å². The van der Waals surface area contributed by atoms with E-state index in [-0.39, 0.29) is 29.9 Å². The number of nitrogens with zero attached hydrogens (tertiary/aromatic N) is 5. The fourth-order valence-electron chi connectivity index (χ4n) is 6.52. The minimum Gasteiger partial charge on any atom is -0.495 e. The first-order chi connectivity index (χ1) is 26.8. The van der Waals surface area contributed by atoms with E-state index in [0.717, 1.165) is 44.5 Å². The molecule has 304 valence electrons. The maximum Gasteiger partial charge on any atom is 0.330 e. The van der Waals surface area contributed by atoms with Gasteiger partial charge in [0.2, 0.25) is 11.9 Å². The van der Waals surface area contributed by atoms with Crippen LogP contribution in [0.15, 0.2) is 36.5 Å². The van der Waals surface area contributed by atoms with Crippen LogP contribution in [0, 0.1) is 0 Å². The van der Waals surface area contributed by atoms with Crippen molar-refractivity contribution in [2.24, 2.45) is 0 Å². The summed E-state index contributed by atoms with van der Waals surface area (Å²) in [5.41, 5.74) is 1.75. The lowest BCUT2D eigenvalue weighted by Crippen LogP contribution is -2.55. The highest BCUT2D eigenvalue weighted by molar-refractivity contribution is 6.04. The fraction of sp³-hybridized carbons (Fsp3) is 0.615. The molecule has 1 aliphatic heterocycles. The van der Waals surface area contributed by atoms with Gasteiger partial charge in [0.15, 0.2) is 5.82 Å². The van der Waals surface area contributed by atoms with Gasteiger partial charge in [0.05, 0.1) is 72.4 Å². The molecule has 1 aromatic heterocycles. The van der Waals surface area contributed by atoms with E-state index < -0.39 is 0 Å². The fourth-order valence-corrected chi connectivity index (χ4v) is 6.52. The molecule has 0 bridgehead atoms. The lowest BCUT2D eigenvalue weighted by atomic mass is 10.0. The normalized spacial score (nSPS) is 15.9. The molecule has 1 atom stereocenters. The van der Waals surface area contributed by atoms with Gasteiger partial charge in [-0.2, -0.15) is 4.98 Å². The first-order valence-electron chi connectivity index (χ1n) is 19.2. The summed E-state index contributed by atoms with van der Waals surface area (Å²) in [4.78, 5) is 52.5. The molecule has 4 rings (SSSR count). The van der Waals surface area contributed by atoms with Crippen LogP contribution < -0.4 is 25.2 Å². The third-order valence-electron chi connectivity index (χ3n) is 9.47. The molecule has 1 saturated carbocycles. The standard InChI is InChI=1S/C39H59N7O9/c1-6-32-38(49)45(3)33-28-41-39(43-36(33)46(32)30-11-7-8-12-30)42-31-15-14-29(27-34(31)50-4)37(48)40-16-20-53-22-24-55-26-25-54-23-21-52-19-10-18-44(2)17-9-13-35(47)51-5/h9,13-15,27-28,30,32H,6-8,10-12,16-26H2,1-5H3,(H,40,48)(H,41,42,43)/b13-9+/t32-/m1/s1. The average molecular weight is 770 g/mol. The Labute approximate surface area is 324 Å². The Hall–Kier alpha value is -4.35. The zero-order valence-electron chi connectivity index (χ0n) is 33.0. The van der Waals surface area contributed by atoms with Crippen molar-refractivity contribution in [1.29, 1.82) is 0 Å². The van der Waals surface area contributed by atoms with Crippen LogP contribution in [0.5, 0.6) is 5.75 Å². The van der Waals surface area contributed by atoms with E-state index in [2.05, 4.69) is 30.2 Å². The number of carbonyl (C=O) groups is 3. The smallest absolute Gasteiger partial charge is 0.330 e. The molecule has 2 N–H and O–H groups in total. The molecule has 0 unspecified atom stereocenters. The Balaban J connectivity index is 1.08. The molecule has 55 heavy (non-hydrogen) atoms. The summed E-state index contributed by atoms with van der Waals surface area (Å²) >= 11 is 0. The maximum atomic E-state index is 13.2. The molecular weight excluding hydrogens is 710 g/mol. The summed E-state index contributed by atoms with van der Waals surface area (Å²) in [6.45, 7) is 7.61. The number of hydrogen-bond acceptors (Lipinski definition) is 14. The molecule has 0 radical (unpaired) electrons. The number of anilines is 4. The lowest BCUT2D eigenvalue weighted by molar-refractivity contribution is -0.134. The van der Waals surface area contributed by atoms with Crippen LogP contribution in [-0.2, 0) is 33.3 Å². The van der Waals surface area contributed by atoms with Crippen molar-refractivity contribution in [2.75, 3.05) is 116 Å². The van der Waals surface area contributed by atoms with Crippen molar-refractivity contribution in [2.45, 2.75) is 57.5 Å². The quantitative estimate of drug-likeness (QED) is 0.0855. The lowest BCUT2D eigenvalue weighted by Gasteiger charge is -2.43. The molecule has 1 aromatic carbocycles. The van der Waals surface area contributed by atoms with E-state index in [9.17, 15) is 14.4 Å². The molecule has 2 aliphatic rings. The van der Waals surface area contributed by atoms with Gasteiger partial charge in [0.25, 0.3) is 5.91 Å². The van der Waals surface area contributed by atoms with E-state index in [1.54, 1.807) is 49.5 Å². The monoisotopic (exact) mass is 769 g/mol. The van der Waals surface area contributed by atoms with Gasteiger partial charge >= 0.3 is 5.97 Å². The Morgan fingerprint density at radius 3 is 2.31 bits per heavy atom. The van der Waals surface area contributed by atoms with Gasteiger partial charge in [0.1, 0.15) is 17.5 Å². The zero-order valence-corrected chi connectivity index (χ0v) is 33.0. The largest absolute Gasteiger partial charge is 0.495 e. The minimum absolute atomic E-state index is 0.0656. The predicted molar refractivity (Wildman–Crippen MR) is 209 cm³/mol. The number of carbonyl (C=O) groups excluding carboxylic acids is 3. The summed E-state index contributed by atoms with van der Waals surface area (Å²) in [6.07, 6.45) is 10.8. The molecule has 0 spiro atoms. The molecule has 16 nitrogen and oxygen atoms in total. The van der Waals surface area contributed by atoms with E-state index in [1.807, 2.05) is 14.0 Å². The molecule has 2 heterocycles. The summed E-state index contributed by atoms with van der Waals surface area (Å²) in [7, 11) is 6.66. The second-order valence-corrected chi connectivity index (χ2v) is 13.4. The van der Waals surface area contributed by atoms with E-state index in [4.69, 9.17) is 28.7 Å².